The van der Waals surface area contributed by atoms with Crippen LogP contribution in [0.15, 0.2) is 24.3 Å². The van der Waals surface area contributed by atoms with Gasteiger partial charge >= 0.3 is 0 Å². The smallest absolute Gasteiger partial charge is 0.223 e. The van der Waals surface area contributed by atoms with Gasteiger partial charge in [-0.25, -0.2) is 0 Å². The molecule has 1 aromatic carbocycles. The molecule has 6 heteroatoms. The van der Waals surface area contributed by atoms with Crippen molar-refractivity contribution < 1.29 is 9.59 Å². The van der Waals surface area contributed by atoms with E-state index in [1.807, 2.05) is 36.1 Å². The lowest BCUT2D eigenvalue weighted by Gasteiger charge is -2.37. The maximum absolute atomic E-state index is 12.6. The fourth-order valence-corrected chi connectivity index (χ4v) is 3.12. The predicted molar refractivity (Wildman–Crippen MR) is 91.3 cm³/mol. The lowest BCUT2D eigenvalue weighted by atomic mass is 10.0. The average molecular weight is 338 g/mol. The third kappa shape index (κ3) is 4.94. The molecule has 1 aliphatic rings. The summed E-state index contributed by atoms with van der Waals surface area (Å²) in [5.41, 5.74) is 0.971. The van der Waals surface area contributed by atoms with E-state index in [1.165, 1.54) is 0 Å². The van der Waals surface area contributed by atoms with Crippen LogP contribution in [0.1, 0.15) is 37.8 Å². The summed E-state index contributed by atoms with van der Waals surface area (Å²) >= 11 is 6.29. The third-order valence-electron chi connectivity index (χ3n) is 4.00. The highest BCUT2D eigenvalue weighted by Gasteiger charge is 2.28. The lowest BCUT2D eigenvalue weighted by molar-refractivity contribution is -0.134. The van der Waals surface area contributed by atoms with E-state index >= 15 is 0 Å². The van der Waals surface area contributed by atoms with Crippen molar-refractivity contribution in [2.24, 2.45) is 0 Å². The second-order valence-corrected chi connectivity index (χ2v) is 6.04. The van der Waals surface area contributed by atoms with Crippen LogP contribution in [0.4, 0.5) is 0 Å². The van der Waals surface area contributed by atoms with Crippen LogP contribution in [0.2, 0.25) is 5.02 Å². The average Bonchev–Trinajstić information content (AvgIpc) is 2.55. The highest BCUT2D eigenvalue weighted by atomic mass is 35.5. The second kappa shape index (κ2) is 8.89. The van der Waals surface area contributed by atoms with Gasteiger partial charge in [0.25, 0.3) is 0 Å². The molecule has 2 amide bonds. The summed E-state index contributed by atoms with van der Waals surface area (Å²) in [6, 6.07) is 7.60. The number of hydrogen-bond donors (Lipinski definition) is 2. The Balaban J connectivity index is 1.97. The molecular weight excluding hydrogens is 314 g/mol. The molecule has 0 bridgehead atoms. The first kappa shape index (κ1) is 17.8. The normalized spacial score (nSPS) is 17.8. The number of benzene rings is 1. The fraction of sp³-hybridized carbons (Fsp3) is 0.529. The molecule has 1 aromatic rings. The van der Waals surface area contributed by atoms with E-state index in [1.54, 1.807) is 0 Å². The first-order chi connectivity index (χ1) is 11.1. The molecule has 5 nitrogen and oxygen atoms in total. The number of nitrogens with one attached hydrogen (secondary N) is 2. The number of carbonyl (C=O) groups is 2. The Morgan fingerprint density at radius 1 is 1.35 bits per heavy atom. The molecule has 1 heterocycles. The molecule has 23 heavy (non-hydrogen) atoms. The Hall–Kier alpha value is -1.59. The molecular formula is C17H24ClN3O2. The van der Waals surface area contributed by atoms with Crippen LogP contribution < -0.4 is 10.6 Å². The van der Waals surface area contributed by atoms with Crippen LogP contribution in [0.5, 0.6) is 0 Å². The molecule has 126 valence electrons. The van der Waals surface area contributed by atoms with Crippen molar-refractivity contribution in [3.05, 3.63) is 34.9 Å². The molecule has 0 aromatic heterocycles. The van der Waals surface area contributed by atoms with Gasteiger partial charge in [0.05, 0.1) is 6.04 Å². The maximum atomic E-state index is 12.6. The van der Waals surface area contributed by atoms with E-state index in [2.05, 4.69) is 10.6 Å². The summed E-state index contributed by atoms with van der Waals surface area (Å²) < 4.78 is 0. The minimum atomic E-state index is -0.0468. The molecule has 1 saturated heterocycles. The number of nitrogens with zero attached hydrogens (tertiary/aromatic N) is 1. The maximum Gasteiger partial charge on any atom is 0.223 e. The van der Waals surface area contributed by atoms with Crippen LogP contribution in [0.3, 0.4) is 0 Å². The number of amides is 2. The SMILES string of the molecule is CCNC(=O)CCCC(=O)N1CCNCC1c1ccccc1Cl. The van der Waals surface area contributed by atoms with Crippen molar-refractivity contribution in [2.75, 3.05) is 26.2 Å². The summed E-state index contributed by atoms with van der Waals surface area (Å²) in [7, 11) is 0. The van der Waals surface area contributed by atoms with E-state index < -0.39 is 0 Å². The minimum Gasteiger partial charge on any atom is -0.356 e. The standard InChI is InChI=1S/C17H24ClN3O2/c1-2-20-16(22)8-5-9-17(23)21-11-10-19-12-15(21)13-6-3-4-7-14(13)18/h3-4,6-7,15,19H,2,5,8-12H2,1H3,(H,20,22). The number of halogens is 1. The fourth-order valence-electron chi connectivity index (χ4n) is 2.86. The molecule has 1 unspecified atom stereocenters. The van der Waals surface area contributed by atoms with Gasteiger partial charge in [-0.15, -0.1) is 0 Å². The van der Waals surface area contributed by atoms with Crippen LogP contribution in [-0.2, 0) is 9.59 Å². The van der Waals surface area contributed by atoms with Crippen molar-refractivity contribution in [3.8, 4) is 0 Å². The van der Waals surface area contributed by atoms with Gasteiger partial charge in [0.2, 0.25) is 11.8 Å². The van der Waals surface area contributed by atoms with Crippen LogP contribution in [-0.4, -0.2) is 42.9 Å². The zero-order chi connectivity index (χ0) is 16.7. The van der Waals surface area contributed by atoms with E-state index in [-0.39, 0.29) is 17.9 Å². The zero-order valence-electron chi connectivity index (χ0n) is 13.5. The first-order valence-electron chi connectivity index (χ1n) is 8.14. The summed E-state index contributed by atoms with van der Waals surface area (Å²) in [4.78, 5) is 25.9. The Morgan fingerprint density at radius 2 is 2.13 bits per heavy atom. The predicted octanol–water partition coefficient (Wildman–Crippen LogP) is 2.12. The van der Waals surface area contributed by atoms with Crippen molar-refractivity contribution in [1.29, 1.82) is 0 Å². The van der Waals surface area contributed by atoms with Crippen molar-refractivity contribution in [2.45, 2.75) is 32.2 Å². The van der Waals surface area contributed by atoms with Gasteiger partial charge in [-0.1, -0.05) is 29.8 Å². The van der Waals surface area contributed by atoms with E-state index in [0.717, 1.165) is 12.1 Å². The molecule has 1 fully saturated rings. The van der Waals surface area contributed by atoms with Crippen LogP contribution in [0.25, 0.3) is 0 Å². The molecule has 2 N–H and O–H groups in total. The van der Waals surface area contributed by atoms with E-state index in [4.69, 9.17) is 11.6 Å². The number of carbonyl (C=O) groups excluding carboxylic acids is 2. The largest absolute Gasteiger partial charge is 0.356 e. The van der Waals surface area contributed by atoms with E-state index in [0.29, 0.717) is 43.9 Å². The first-order valence-corrected chi connectivity index (χ1v) is 8.52. The number of hydrogen-bond acceptors (Lipinski definition) is 3. The second-order valence-electron chi connectivity index (χ2n) is 5.64. The highest BCUT2D eigenvalue weighted by molar-refractivity contribution is 6.31. The summed E-state index contributed by atoms with van der Waals surface area (Å²) in [6.07, 6.45) is 1.35. The summed E-state index contributed by atoms with van der Waals surface area (Å²) in [6.45, 7) is 4.65. The van der Waals surface area contributed by atoms with Gasteiger partial charge in [-0.2, -0.15) is 0 Å². The van der Waals surface area contributed by atoms with Gasteiger partial charge in [-0.3, -0.25) is 9.59 Å². The molecule has 0 radical (unpaired) electrons. The van der Waals surface area contributed by atoms with Gasteiger partial charge in [0.15, 0.2) is 0 Å². The molecule has 2 rings (SSSR count). The number of piperazine rings is 1. The lowest BCUT2D eigenvalue weighted by Crippen LogP contribution is -2.48. The molecule has 1 atom stereocenters. The van der Waals surface area contributed by atoms with Gasteiger partial charge in [-0.05, 0) is 25.0 Å². The summed E-state index contributed by atoms with van der Waals surface area (Å²) in [5.74, 6) is 0.0870. The molecule has 0 spiro atoms. The van der Waals surface area contributed by atoms with Gasteiger partial charge in [0, 0.05) is 44.0 Å². The van der Waals surface area contributed by atoms with Crippen LogP contribution >= 0.6 is 11.6 Å². The Morgan fingerprint density at radius 3 is 2.87 bits per heavy atom. The summed E-state index contributed by atoms with van der Waals surface area (Å²) in [5, 5.41) is 6.75. The Bertz CT molecular complexity index is 550. The van der Waals surface area contributed by atoms with Crippen molar-refractivity contribution in [3.63, 3.8) is 0 Å². The number of rotatable bonds is 6. The van der Waals surface area contributed by atoms with Crippen LogP contribution in [0, 0.1) is 0 Å². The monoisotopic (exact) mass is 337 g/mol. The Kier molecular flexibility index (Phi) is 6.86. The quantitative estimate of drug-likeness (QED) is 0.836. The molecule has 0 aliphatic carbocycles. The minimum absolute atomic E-state index is 0.00302. The zero-order valence-corrected chi connectivity index (χ0v) is 14.2. The molecule has 0 saturated carbocycles. The van der Waals surface area contributed by atoms with Gasteiger partial charge in [0.1, 0.15) is 0 Å². The topological polar surface area (TPSA) is 61.4 Å². The van der Waals surface area contributed by atoms with Gasteiger partial charge < -0.3 is 15.5 Å². The molecule has 1 aliphatic heterocycles. The van der Waals surface area contributed by atoms with Crippen molar-refractivity contribution in [1.82, 2.24) is 15.5 Å². The van der Waals surface area contributed by atoms with E-state index in [9.17, 15) is 9.59 Å². The highest BCUT2D eigenvalue weighted by Crippen LogP contribution is 2.29. The third-order valence-corrected chi connectivity index (χ3v) is 4.34. The Labute approximate surface area is 142 Å². The van der Waals surface area contributed by atoms with Crippen molar-refractivity contribution >= 4 is 23.4 Å².